The van der Waals surface area contributed by atoms with Crippen molar-refractivity contribution in [1.82, 2.24) is 20.1 Å². The number of aromatic nitrogens is 3. The zero-order valence-corrected chi connectivity index (χ0v) is 16.5. The number of hydrogen-bond donors (Lipinski definition) is 1. The maximum Gasteiger partial charge on any atom is 0.253 e. The van der Waals surface area contributed by atoms with Crippen LogP contribution >= 0.6 is 11.8 Å². The van der Waals surface area contributed by atoms with Crippen molar-refractivity contribution in [3.05, 3.63) is 59.2 Å². The van der Waals surface area contributed by atoms with Crippen molar-refractivity contribution in [3.8, 4) is 0 Å². The van der Waals surface area contributed by atoms with Crippen molar-refractivity contribution in [2.24, 2.45) is 0 Å². The summed E-state index contributed by atoms with van der Waals surface area (Å²) < 4.78 is 15.4. The third-order valence-corrected chi connectivity index (χ3v) is 5.25. The van der Waals surface area contributed by atoms with Crippen LogP contribution < -0.4 is 5.32 Å². The van der Waals surface area contributed by atoms with Crippen LogP contribution in [-0.2, 0) is 5.75 Å². The van der Waals surface area contributed by atoms with Crippen molar-refractivity contribution in [2.75, 3.05) is 12.3 Å². The average Bonchev–Trinajstić information content (AvgIpc) is 3.05. The molecule has 3 aromatic rings. The summed E-state index contributed by atoms with van der Waals surface area (Å²) in [6.07, 6.45) is 1.74. The van der Waals surface area contributed by atoms with E-state index in [-0.39, 0.29) is 17.8 Å². The molecule has 27 heavy (non-hydrogen) atoms. The fourth-order valence-electron chi connectivity index (χ4n) is 2.80. The molecule has 2 aromatic heterocycles. The molecule has 0 fully saturated rings. The molecule has 0 spiro atoms. The number of benzene rings is 1. The molecule has 1 N–H and O–H groups in total. The second-order valence-corrected chi connectivity index (χ2v) is 7.72. The second kappa shape index (κ2) is 8.52. The van der Waals surface area contributed by atoms with E-state index in [1.165, 1.54) is 6.07 Å². The number of nitrogens with zero attached hydrogens (tertiary/aromatic N) is 3. The lowest BCUT2D eigenvalue weighted by Gasteiger charge is -2.10. The van der Waals surface area contributed by atoms with E-state index in [0.717, 1.165) is 11.0 Å². The minimum atomic E-state index is -0.189. The number of halogens is 1. The number of hydrogen-bond acceptors (Lipinski definition) is 4. The lowest BCUT2D eigenvalue weighted by atomic mass is 10.1. The Kier molecular flexibility index (Phi) is 6.11. The number of carbonyl (C=O) groups excluding carboxylic acids is 1. The number of pyridine rings is 1. The van der Waals surface area contributed by atoms with Crippen LogP contribution in [-0.4, -0.2) is 33.0 Å². The minimum absolute atomic E-state index is 0.148. The first-order chi connectivity index (χ1) is 13.0. The van der Waals surface area contributed by atoms with Crippen LogP contribution in [0.3, 0.4) is 0 Å². The smallest absolute Gasteiger partial charge is 0.253 e. The summed E-state index contributed by atoms with van der Waals surface area (Å²) in [7, 11) is 0. The van der Waals surface area contributed by atoms with Gasteiger partial charge in [0.05, 0.1) is 17.5 Å². The number of carbonyl (C=O) groups is 1. The van der Waals surface area contributed by atoms with Crippen molar-refractivity contribution in [2.45, 2.75) is 32.6 Å². The Balaban J connectivity index is 1.56. The summed E-state index contributed by atoms with van der Waals surface area (Å²) in [5.74, 6) is 0.959. The van der Waals surface area contributed by atoms with Gasteiger partial charge >= 0.3 is 0 Å². The fraction of sp³-hybridized carbons (Fsp3) is 0.350. The van der Waals surface area contributed by atoms with E-state index < -0.39 is 0 Å². The molecule has 142 valence electrons. The van der Waals surface area contributed by atoms with Gasteiger partial charge in [-0.2, -0.15) is 16.9 Å². The second-order valence-electron chi connectivity index (χ2n) is 6.62. The third kappa shape index (κ3) is 4.47. The fourth-order valence-corrected chi connectivity index (χ4v) is 3.65. The molecule has 0 radical (unpaired) electrons. The van der Waals surface area contributed by atoms with Crippen LogP contribution in [0, 0.1) is 12.7 Å². The predicted molar refractivity (Wildman–Crippen MR) is 108 cm³/mol. The van der Waals surface area contributed by atoms with Gasteiger partial charge in [-0.25, -0.2) is 14.1 Å². The zero-order valence-electron chi connectivity index (χ0n) is 15.7. The van der Waals surface area contributed by atoms with Crippen molar-refractivity contribution in [1.29, 1.82) is 0 Å². The SMILES string of the molecule is Cc1nc2c(cnn2C(C)C)cc1C(=O)NCCSCc1ccccc1F. The summed E-state index contributed by atoms with van der Waals surface area (Å²) in [6, 6.07) is 8.80. The van der Waals surface area contributed by atoms with Gasteiger partial charge in [-0.3, -0.25) is 4.79 Å². The molecule has 7 heteroatoms. The third-order valence-electron chi connectivity index (χ3n) is 4.24. The molecule has 0 aliphatic carbocycles. The Hall–Kier alpha value is -2.41. The molecule has 0 saturated carbocycles. The Morgan fingerprint density at radius 2 is 2.11 bits per heavy atom. The molecule has 1 amide bonds. The topological polar surface area (TPSA) is 59.8 Å². The number of nitrogens with one attached hydrogen (secondary N) is 1. The maximum atomic E-state index is 13.6. The van der Waals surface area contributed by atoms with Gasteiger partial charge in [-0.1, -0.05) is 18.2 Å². The Morgan fingerprint density at radius 3 is 2.85 bits per heavy atom. The van der Waals surface area contributed by atoms with Gasteiger partial charge in [0.15, 0.2) is 5.65 Å². The van der Waals surface area contributed by atoms with Gasteiger partial charge in [0, 0.05) is 29.5 Å². The average molecular weight is 386 g/mol. The van der Waals surface area contributed by atoms with Crippen molar-refractivity contribution < 1.29 is 9.18 Å². The normalized spacial score (nSPS) is 11.3. The largest absolute Gasteiger partial charge is 0.351 e. The van der Waals surface area contributed by atoms with E-state index in [0.29, 0.717) is 34.9 Å². The Bertz CT molecular complexity index is 954. The molecule has 5 nitrogen and oxygen atoms in total. The molecule has 0 saturated heterocycles. The minimum Gasteiger partial charge on any atom is -0.351 e. The highest BCUT2D eigenvalue weighted by atomic mass is 32.2. The van der Waals surface area contributed by atoms with E-state index in [2.05, 4.69) is 15.4 Å². The highest BCUT2D eigenvalue weighted by Crippen LogP contribution is 2.19. The standard InChI is InChI=1S/C20H23FN4OS/c1-13(2)25-19-16(11-23-25)10-17(14(3)24-19)20(26)22-8-9-27-12-15-6-4-5-7-18(15)21/h4-7,10-11,13H,8-9,12H2,1-3H3,(H,22,26). The van der Waals surface area contributed by atoms with Gasteiger partial charge in [-0.15, -0.1) is 0 Å². The summed E-state index contributed by atoms with van der Waals surface area (Å²) in [6.45, 7) is 6.44. The molecular formula is C20H23FN4OS. The first-order valence-corrected chi connectivity index (χ1v) is 10.1. The number of aryl methyl sites for hydroxylation is 1. The summed E-state index contributed by atoms with van der Waals surface area (Å²) in [4.78, 5) is 17.1. The first kappa shape index (κ1) is 19.4. The predicted octanol–water partition coefficient (Wildman–Crippen LogP) is 4.12. The van der Waals surface area contributed by atoms with E-state index in [1.807, 2.05) is 37.6 Å². The van der Waals surface area contributed by atoms with Gasteiger partial charge in [-0.05, 0) is 38.5 Å². The summed E-state index contributed by atoms with van der Waals surface area (Å²) in [5, 5.41) is 8.12. The van der Waals surface area contributed by atoms with Crippen LogP contribution in [0.1, 0.15) is 41.5 Å². The van der Waals surface area contributed by atoms with Crippen LogP contribution in [0.15, 0.2) is 36.5 Å². The monoisotopic (exact) mass is 386 g/mol. The molecule has 0 aliphatic rings. The lowest BCUT2D eigenvalue weighted by molar-refractivity contribution is 0.0955. The molecule has 2 heterocycles. The van der Waals surface area contributed by atoms with Gasteiger partial charge in [0.2, 0.25) is 0 Å². The Labute approximate surface area is 162 Å². The molecule has 1 aromatic carbocycles. The maximum absolute atomic E-state index is 13.6. The van der Waals surface area contributed by atoms with Crippen LogP contribution in [0.5, 0.6) is 0 Å². The summed E-state index contributed by atoms with van der Waals surface area (Å²) >= 11 is 1.59. The number of thioether (sulfide) groups is 1. The number of rotatable bonds is 7. The quantitative estimate of drug-likeness (QED) is 0.621. The number of fused-ring (bicyclic) bond motifs is 1. The van der Waals surface area contributed by atoms with E-state index in [4.69, 9.17) is 0 Å². The highest BCUT2D eigenvalue weighted by molar-refractivity contribution is 7.98. The lowest BCUT2D eigenvalue weighted by Crippen LogP contribution is -2.26. The molecule has 0 bridgehead atoms. The summed E-state index contributed by atoms with van der Waals surface area (Å²) in [5.41, 5.74) is 2.72. The van der Waals surface area contributed by atoms with Gasteiger partial charge in [0.25, 0.3) is 5.91 Å². The van der Waals surface area contributed by atoms with Crippen LogP contribution in [0.4, 0.5) is 4.39 Å². The van der Waals surface area contributed by atoms with Crippen molar-refractivity contribution >= 4 is 28.7 Å². The van der Waals surface area contributed by atoms with E-state index >= 15 is 0 Å². The Morgan fingerprint density at radius 1 is 1.33 bits per heavy atom. The molecular weight excluding hydrogens is 363 g/mol. The molecule has 0 aliphatic heterocycles. The van der Waals surface area contributed by atoms with E-state index in [9.17, 15) is 9.18 Å². The van der Waals surface area contributed by atoms with Crippen LogP contribution in [0.25, 0.3) is 11.0 Å². The molecule has 0 atom stereocenters. The zero-order chi connectivity index (χ0) is 19.4. The van der Waals surface area contributed by atoms with Crippen LogP contribution in [0.2, 0.25) is 0 Å². The molecule has 3 rings (SSSR count). The van der Waals surface area contributed by atoms with Gasteiger partial charge < -0.3 is 5.32 Å². The molecule has 0 unspecified atom stereocenters. The van der Waals surface area contributed by atoms with Gasteiger partial charge in [0.1, 0.15) is 5.82 Å². The number of amides is 1. The first-order valence-electron chi connectivity index (χ1n) is 8.91. The highest BCUT2D eigenvalue weighted by Gasteiger charge is 2.15. The van der Waals surface area contributed by atoms with Crippen molar-refractivity contribution in [3.63, 3.8) is 0 Å². The van der Waals surface area contributed by atoms with E-state index in [1.54, 1.807) is 30.1 Å².